The maximum atomic E-state index is 14.0. The molecular weight excluding hydrogens is 364 g/mol. The van der Waals surface area contributed by atoms with E-state index < -0.39 is 41.0 Å². The minimum Gasteiger partial charge on any atom is -0.480 e. The Labute approximate surface area is 159 Å². The van der Waals surface area contributed by atoms with Gasteiger partial charge in [0.2, 0.25) is 0 Å². The monoisotopic (exact) mass is 379 g/mol. The molecule has 1 aliphatic carbocycles. The van der Waals surface area contributed by atoms with Gasteiger partial charge in [0.1, 0.15) is 6.04 Å². The fourth-order valence-electron chi connectivity index (χ4n) is 3.74. The fourth-order valence-corrected chi connectivity index (χ4v) is 3.74. The average molecular weight is 379 g/mol. The molecule has 0 spiro atoms. The molecule has 0 aromatic heterocycles. The highest BCUT2D eigenvalue weighted by Gasteiger charge is 2.39. The summed E-state index contributed by atoms with van der Waals surface area (Å²) in [5.41, 5.74) is 2.76. The van der Waals surface area contributed by atoms with E-state index in [1.165, 1.54) is 6.07 Å². The summed E-state index contributed by atoms with van der Waals surface area (Å²) >= 11 is 0. The van der Waals surface area contributed by atoms with Gasteiger partial charge in [-0.1, -0.05) is 54.6 Å². The van der Waals surface area contributed by atoms with Gasteiger partial charge in [-0.05, 0) is 34.4 Å². The summed E-state index contributed by atoms with van der Waals surface area (Å²) in [5.74, 6) is -5.37. The topological polar surface area (TPSA) is 66.4 Å². The van der Waals surface area contributed by atoms with E-state index in [9.17, 15) is 23.5 Å². The Bertz CT molecular complexity index is 1050. The number of aliphatic carboxylic acids is 1. The van der Waals surface area contributed by atoms with Crippen molar-refractivity contribution in [1.29, 1.82) is 0 Å². The van der Waals surface area contributed by atoms with Crippen molar-refractivity contribution >= 4 is 11.9 Å². The molecule has 140 valence electrons. The van der Waals surface area contributed by atoms with Crippen molar-refractivity contribution in [2.75, 3.05) is 0 Å². The van der Waals surface area contributed by atoms with Crippen LogP contribution in [-0.4, -0.2) is 23.0 Å². The summed E-state index contributed by atoms with van der Waals surface area (Å²) < 4.78 is 27.4. The van der Waals surface area contributed by atoms with Crippen molar-refractivity contribution in [2.24, 2.45) is 0 Å². The first-order valence-electron chi connectivity index (χ1n) is 8.65. The lowest BCUT2D eigenvalue weighted by molar-refractivity contribution is -0.139. The van der Waals surface area contributed by atoms with E-state index in [2.05, 4.69) is 5.32 Å². The minimum absolute atomic E-state index is 0.536. The summed E-state index contributed by atoms with van der Waals surface area (Å²) in [6.07, 6.45) is 0. The number of fused-ring (bicyclic) bond motifs is 3. The Morgan fingerprint density at radius 2 is 1.43 bits per heavy atom. The molecule has 0 heterocycles. The van der Waals surface area contributed by atoms with Crippen LogP contribution in [0, 0.1) is 11.6 Å². The van der Waals surface area contributed by atoms with Crippen LogP contribution in [0.25, 0.3) is 11.1 Å². The second-order valence-electron chi connectivity index (χ2n) is 6.54. The molecule has 6 heteroatoms. The van der Waals surface area contributed by atoms with Crippen molar-refractivity contribution in [1.82, 2.24) is 5.32 Å². The smallest absolute Gasteiger partial charge is 0.327 e. The summed E-state index contributed by atoms with van der Waals surface area (Å²) in [7, 11) is 0. The van der Waals surface area contributed by atoms with Crippen LogP contribution >= 0.6 is 0 Å². The second kappa shape index (κ2) is 6.88. The van der Waals surface area contributed by atoms with Gasteiger partial charge in [0.25, 0.3) is 5.91 Å². The highest BCUT2D eigenvalue weighted by atomic mass is 19.2. The normalized spacial score (nSPS) is 13.5. The van der Waals surface area contributed by atoms with Crippen LogP contribution in [0.4, 0.5) is 8.78 Å². The Kier molecular flexibility index (Phi) is 4.39. The first-order valence-corrected chi connectivity index (χ1v) is 8.65. The second-order valence-corrected chi connectivity index (χ2v) is 6.54. The number of benzene rings is 3. The van der Waals surface area contributed by atoms with Crippen LogP contribution < -0.4 is 5.32 Å². The predicted molar refractivity (Wildman–Crippen MR) is 99.0 cm³/mol. The molecule has 0 saturated heterocycles. The van der Waals surface area contributed by atoms with E-state index in [-0.39, 0.29) is 0 Å². The van der Waals surface area contributed by atoms with E-state index in [1.54, 1.807) is 12.1 Å². The number of hydrogen-bond acceptors (Lipinski definition) is 2. The van der Waals surface area contributed by atoms with Crippen molar-refractivity contribution in [2.45, 2.75) is 12.0 Å². The lowest BCUT2D eigenvalue weighted by Gasteiger charge is -2.23. The Morgan fingerprint density at radius 3 is 2.00 bits per heavy atom. The molecule has 3 aromatic carbocycles. The molecule has 1 amide bonds. The van der Waals surface area contributed by atoms with Crippen molar-refractivity contribution in [3.05, 3.63) is 95.1 Å². The largest absolute Gasteiger partial charge is 0.480 e. The SMILES string of the molecule is O=C(N[C@@H](C(=O)O)C1c2ccccc2-c2ccccc21)c1cccc(F)c1F. The summed E-state index contributed by atoms with van der Waals surface area (Å²) in [6.45, 7) is 0. The van der Waals surface area contributed by atoms with Crippen LogP contribution in [0.2, 0.25) is 0 Å². The van der Waals surface area contributed by atoms with Gasteiger partial charge < -0.3 is 10.4 Å². The standard InChI is InChI=1S/C22H15F2NO3/c23-17-11-5-10-16(19(17)24)21(26)25-20(22(27)28)18-14-8-3-1-6-12(14)13-7-2-4-9-15(13)18/h1-11,18,20H,(H,25,26)(H,27,28)/t20-/m1/s1. The number of rotatable bonds is 4. The van der Waals surface area contributed by atoms with Crippen LogP contribution in [0.1, 0.15) is 27.4 Å². The van der Waals surface area contributed by atoms with Gasteiger partial charge in [0, 0.05) is 5.92 Å². The molecular formula is C22H15F2NO3. The van der Waals surface area contributed by atoms with Gasteiger partial charge in [-0.25, -0.2) is 13.6 Å². The molecule has 4 nitrogen and oxygen atoms in total. The zero-order valence-electron chi connectivity index (χ0n) is 14.5. The van der Waals surface area contributed by atoms with Crippen molar-refractivity contribution < 1.29 is 23.5 Å². The van der Waals surface area contributed by atoms with Gasteiger partial charge in [0.05, 0.1) is 5.56 Å². The lowest BCUT2D eigenvalue weighted by Crippen LogP contribution is -2.45. The Morgan fingerprint density at radius 1 is 0.857 bits per heavy atom. The number of carbonyl (C=O) groups excluding carboxylic acids is 1. The van der Waals surface area contributed by atoms with Crippen LogP contribution in [-0.2, 0) is 4.79 Å². The molecule has 0 unspecified atom stereocenters. The summed E-state index contributed by atoms with van der Waals surface area (Å²) in [4.78, 5) is 24.6. The van der Waals surface area contributed by atoms with Gasteiger partial charge in [-0.2, -0.15) is 0 Å². The third-order valence-corrected chi connectivity index (χ3v) is 4.96. The first kappa shape index (κ1) is 17.9. The van der Waals surface area contributed by atoms with Gasteiger partial charge in [-0.15, -0.1) is 0 Å². The minimum atomic E-state index is -1.35. The number of carboxylic acids is 1. The number of carboxylic acid groups (broad SMARTS) is 1. The summed E-state index contributed by atoms with van der Waals surface area (Å²) in [6, 6.07) is 16.6. The maximum Gasteiger partial charge on any atom is 0.327 e. The third-order valence-electron chi connectivity index (χ3n) is 4.96. The lowest BCUT2D eigenvalue weighted by atomic mass is 9.89. The van der Waals surface area contributed by atoms with E-state index in [4.69, 9.17) is 0 Å². The molecule has 0 aliphatic heterocycles. The Hall–Kier alpha value is -3.54. The first-order chi connectivity index (χ1) is 13.5. The number of hydrogen-bond donors (Lipinski definition) is 2. The predicted octanol–water partition coefficient (Wildman–Crippen LogP) is 3.96. The molecule has 4 rings (SSSR count). The molecule has 0 bridgehead atoms. The molecule has 1 aliphatic rings. The zero-order valence-corrected chi connectivity index (χ0v) is 14.5. The van der Waals surface area contributed by atoms with Gasteiger partial charge >= 0.3 is 5.97 Å². The van der Waals surface area contributed by atoms with Crippen molar-refractivity contribution in [3.8, 4) is 11.1 Å². The molecule has 3 aromatic rings. The van der Waals surface area contributed by atoms with E-state index in [1.807, 2.05) is 36.4 Å². The van der Waals surface area contributed by atoms with Gasteiger partial charge in [0.15, 0.2) is 11.6 Å². The highest BCUT2D eigenvalue weighted by Crippen LogP contribution is 2.46. The maximum absolute atomic E-state index is 14.0. The number of amides is 1. The quantitative estimate of drug-likeness (QED) is 0.721. The third kappa shape index (κ3) is 2.83. The molecule has 28 heavy (non-hydrogen) atoms. The van der Waals surface area contributed by atoms with Crippen LogP contribution in [0.15, 0.2) is 66.7 Å². The fraction of sp³-hybridized carbons (Fsp3) is 0.0909. The van der Waals surface area contributed by atoms with E-state index in [0.717, 1.165) is 34.4 Å². The number of nitrogens with one attached hydrogen (secondary N) is 1. The van der Waals surface area contributed by atoms with Crippen molar-refractivity contribution in [3.63, 3.8) is 0 Å². The number of carbonyl (C=O) groups is 2. The number of halogens is 2. The average Bonchev–Trinajstić information content (AvgIpc) is 3.02. The van der Waals surface area contributed by atoms with E-state index >= 15 is 0 Å². The summed E-state index contributed by atoms with van der Waals surface area (Å²) in [5, 5.41) is 12.2. The van der Waals surface area contributed by atoms with Crippen LogP contribution in [0.5, 0.6) is 0 Å². The zero-order chi connectivity index (χ0) is 19.8. The molecule has 1 atom stereocenters. The Balaban J connectivity index is 1.76. The molecule has 2 N–H and O–H groups in total. The highest BCUT2D eigenvalue weighted by molar-refractivity contribution is 5.97. The van der Waals surface area contributed by atoms with Crippen LogP contribution in [0.3, 0.4) is 0 Å². The van der Waals surface area contributed by atoms with E-state index in [0.29, 0.717) is 0 Å². The molecule has 0 radical (unpaired) electrons. The molecule has 0 saturated carbocycles. The molecule has 0 fully saturated rings. The van der Waals surface area contributed by atoms with Gasteiger partial charge in [-0.3, -0.25) is 4.79 Å².